The molecule has 1 aromatic heterocycles. The predicted octanol–water partition coefficient (Wildman–Crippen LogP) is 1.46. The number of methoxy groups -OCH3 is 1. The summed E-state index contributed by atoms with van der Waals surface area (Å²) >= 11 is 0. The van der Waals surface area contributed by atoms with Crippen LogP contribution >= 0.6 is 0 Å². The van der Waals surface area contributed by atoms with Crippen LogP contribution in [0.5, 0.6) is 5.75 Å². The molecular weight excluding hydrogens is 204 g/mol. The molecule has 1 heterocycles. The molecule has 1 aromatic carbocycles. The monoisotopic (exact) mass is 216 g/mol. The summed E-state index contributed by atoms with van der Waals surface area (Å²) in [6.07, 6.45) is 0. The minimum absolute atomic E-state index is 0.126. The van der Waals surface area contributed by atoms with Crippen molar-refractivity contribution in [2.75, 3.05) is 7.11 Å². The van der Waals surface area contributed by atoms with Gasteiger partial charge in [0.1, 0.15) is 5.75 Å². The topological polar surface area (TPSA) is 44.1 Å². The van der Waals surface area contributed by atoms with Crippen LogP contribution in [-0.2, 0) is 7.05 Å². The van der Waals surface area contributed by atoms with E-state index < -0.39 is 0 Å². The quantitative estimate of drug-likeness (QED) is 0.763. The summed E-state index contributed by atoms with van der Waals surface area (Å²) in [5.41, 5.74) is 1.47. The zero-order valence-electron chi connectivity index (χ0n) is 9.18. The third-order valence-corrected chi connectivity index (χ3v) is 2.34. The van der Waals surface area contributed by atoms with Crippen LogP contribution in [0.25, 0.3) is 11.3 Å². The molecule has 0 amide bonds. The van der Waals surface area contributed by atoms with Gasteiger partial charge in [0, 0.05) is 18.7 Å². The van der Waals surface area contributed by atoms with Crippen LogP contribution in [0.1, 0.15) is 0 Å². The predicted molar refractivity (Wildman–Crippen MR) is 61.5 cm³/mol. The van der Waals surface area contributed by atoms with Crippen molar-refractivity contribution in [3.05, 3.63) is 46.8 Å². The van der Waals surface area contributed by atoms with Crippen LogP contribution in [0.2, 0.25) is 0 Å². The fourth-order valence-electron chi connectivity index (χ4n) is 1.50. The van der Waals surface area contributed by atoms with Gasteiger partial charge in [-0.2, -0.15) is 5.10 Å². The normalized spacial score (nSPS) is 10.1. The highest BCUT2D eigenvalue weighted by Gasteiger charge is 2.06. The Kier molecular flexibility index (Phi) is 2.72. The van der Waals surface area contributed by atoms with Gasteiger partial charge >= 0.3 is 0 Å². The summed E-state index contributed by atoms with van der Waals surface area (Å²) < 4.78 is 6.55. The molecule has 0 aliphatic heterocycles. The Hall–Kier alpha value is -2.10. The molecule has 2 rings (SSSR count). The molecule has 0 saturated heterocycles. The molecule has 0 saturated carbocycles. The minimum atomic E-state index is -0.126. The second kappa shape index (κ2) is 4.18. The second-order valence-corrected chi connectivity index (χ2v) is 3.38. The van der Waals surface area contributed by atoms with Gasteiger partial charge in [-0.15, -0.1) is 0 Å². The van der Waals surface area contributed by atoms with Crippen molar-refractivity contribution in [1.29, 1.82) is 0 Å². The smallest absolute Gasteiger partial charge is 0.266 e. The SMILES string of the molecule is COc1ccccc1-c1ccc(=O)n(C)n1. The van der Waals surface area contributed by atoms with Crippen molar-refractivity contribution in [2.45, 2.75) is 0 Å². The third-order valence-electron chi connectivity index (χ3n) is 2.34. The van der Waals surface area contributed by atoms with E-state index in [2.05, 4.69) is 5.10 Å². The minimum Gasteiger partial charge on any atom is -0.496 e. The molecule has 0 unspecified atom stereocenters. The zero-order chi connectivity index (χ0) is 11.5. The lowest BCUT2D eigenvalue weighted by Gasteiger charge is -2.07. The molecule has 0 radical (unpaired) electrons. The Morgan fingerprint density at radius 1 is 1.19 bits per heavy atom. The number of hydrogen-bond acceptors (Lipinski definition) is 3. The molecule has 82 valence electrons. The van der Waals surface area contributed by atoms with Gasteiger partial charge in [0.15, 0.2) is 0 Å². The molecule has 0 aliphatic rings. The van der Waals surface area contributed by atoms with E-state index in [0.717, 1.165) is 17.0 Å². The Bertz CT molecular complexity index is 561. The van der Waals surface area contributed by atoms with Crippen LogP contribution in [0.3, 0.4) is 0 Å². The fraction of sp³-hybridized carbons (Fsp3) is 0.167. The first-order chi connectivity index (χ1) is 7.72. The lowest BCUT2D eigenvalue weighted by Crippen LogP contribution is -2.18. The van der Waals surface area contributed by atoms with Crippen LogP contribution in [0, 0.1) is 0 Å². The summed E-state index contributed by atoms with van der Waals surface area (Å²) in [6.45, 7) is 0. The number of nitrogens with zero attached hydrogens (tertiary/aromatic N) is 2. The highest BCUT2D eigenvalue weighted by molar-refractivity contribution is 5.66. The average Bonchev–Trinajstić information content (AvgIpc) is 2.32. The Morgan fingerprint density at radius 3 is 2.62 bits per heavy atom. The van der Waals surface area contributed by atoms with Crippen molar-refractivity contribution >= 4 is 0 Å². The highest BCUT2D eigenvalue weighted by atomic mass is 16.5. The molecule has 0 aliphatic carbocycles. The van der Waals surface area contributed by atoms with E-state index >= 15 is 0 Å². The number of rotatable bonds is 2. The maximum Gasteiger partial charge on any atom is 0.266 e. The van der Waals surface area contributed by atoms with E-state index in [1.165, 1.54) is 10.7 Å². The third kappa shape index (κ3) is 1.82. The lowest BCUT2D eigenvalue weighted by atomic mass is 10.1. The largest absolute Gasteiger partial charge is 0.496 e. The van der Waals surface area contributed by atoms with Gasteiger partial charge in [-0.3, -0.25) is 4.79 Å². The van der Waals surface area contributed by atoms with Gasteiger partial charge in [0.05, 0.1) is 12.8 Å². The maximum absolute atomic E-state index is 11.2. The van der Waals surface area contributed by atoms with Crippen LogP contribution in [-0.4, -0.2) is 16.9 Å². The molecule has 0 N–H and O–H groups in total. The summed E-state index contributed by atoms with van der Waals surface area (Å²) in [6, 6.07) is 10.8. The van der Waals surface area contributed by atoms with Gasteiger partial charge in [-0.25, -0.2) is 4.68 Å². The van der Waals surface area contributed by atoms with E-state index in [-0.39, 0.29) is 5.56 Å². The highest BCUT2D eigenvalue weighted by Crippen LogP contribution is 2.26. The van der Waals surface area contributed by atoms with Crippen molar-refractivity contribution in [2.24, 2.45) is 7.05 Å². The number of aryl methyl sites for hydroxylation is 1. The molecule has 2 aromatic rings. The number of aromatic nitrogens is 2. The van der Waals surface area contributed by atoms with E-state index in [1.807, 2.05) is 24.3 Å². The standard InChI is InChI=1S/C12H12N2O2/c1-14-12(15)8-7-10(13-14)9-5-3-4-6-11(9)16-2/h3-8H,1-2H3. The summed E-state index contributed by atoms with van der Waals surface area (Å²) in [4.78, 5) is 11.2. The molecule has 16 heavy (non-hydrogen) atoms. The number of para-hydroxylation sites is 1. The molecule has 0 spiro atoms. The van der Waals surface area contributed by atoms with Gasteiger partial charge in [0.2, 0.25) is 0 Å². The lowest BCUT2D eigenvalue weighted by molar-refractivity contribution is 0.416. The first-order valence-electron chi connectivity index (χ1n) is 4.90. The molecule has 0 bridgehead atoms. The number of hydrogen-bond donors (Lipinski definition) is 0. The van der Waals surface area contributed by atoms with Crippen molar-refractivity contribution in [1.82, 2.24) is 9.78 Å². The Balaban J connectivity index is 2.58. The van der Waals surface area contributed by atoms with Crippen molar-refractivity contribution in [3.8, 4) is 17.0 Å². The molecular formula is C12H12N2O2. The molecule has 4 heteroatoms. The van der Waals surface area contributed by atoms with E-state index in [4.69, 9.17) is 4.74 Å². The Labute approximate surface area is 93.1 Å². The van der Waals surface area contributed by atoms with Gasteiger partial charge < -0.3 is 4.74 Å². The number of benzene rings is 1. The molecule has 4 nitrogen and oxygen atoms in total. The molecule has 0 atom stereocenters. The van der Waals surface area contributed by atoms with Crippen LogP contribution < -0.4 is 10.3 Å². The summed E-state index contributed by atoms with van der Waals surface area (Å²) in [7, 11) is 3.24. The van der Waals surface area contributed by atoms with E-state index in [9.17, 15) is 4.79 Å². The van der Waals surface area contributed by atoms with Crippen LogP contribution in [0.15, 0.2) is 41.2 Å². The van der Waals surface area contributed by atoms with Gasteiger partial charge in [0.25, 0.3) is 5.56 Å². The van der Waals surface area contributed by atoms with Crippen LogP contribution in [0.4, 0.5) is 0 Å². The van der Waals surface area contributed by atoms with Gasteiger partial charge in [-0.1, -0.05) is 12.1 Å². The Morgan fingerprint density at radius 2 is 1.94 bits per heavy atom. The van der Waals surface area contributed by atoms with Crippen molar-refractivity contribution < 1.29 is 4.74 Å². The van der Waals surface area contributed by atoms with Crippen molar-refractivity contribution in [3.63, 3.8) is 0 Å². The zero-order valence-corrected chi connectivity index (χ0v) is 9.18. The fourth-order valence-corrected chi connectivity index (χ4v) is 1.50. The molecule has 0 fully saturated rings. The average molecular weight is 216 g/mol. The van der Waals surface area contributed by atoms with E-state index in [0.29, 0.717) is 0 Å². The first kappa shape index (κ1) is 10.4. The van der Waals surface area contributed by atoms with E-state index in [1.54, 1.807) is 20.2 Å². The number of ether oxygens (including phenoxy) is 1. The summed E-state index contributed by atoms with van der Waals surface area (Å²) in [5, 5.41) is 4.18. The maximum atomic E-state index is 11.2. The first-order valence-corrected chi connectivity index (χ1v) is 4.90. The summed E-state index contributed by atoms with van der Waals surface area (Å²) in [5.74, 6) is 0.744. The van der Waals surface area contributed by atoms with Gasteiger partial charge in [-0.05, 0) is 18.2 Å². The second-order valence-electron chi connectivity index (χ2n) is 3.38.